The third kappa shape index (κ3) is 4.26. The Morgan fingerprint density at radius 2 is 1.37 bits per heavy atom. The van der Waals surface area contributed by atoms with Crippen LogP contribution in [-0.2, 0) is 5.54 Å². The SMILES string of the molecule is CN(C)[C@@H]1CNC[C@H](Nc2ncnc3c2ccn3C(c2ccccc2)(c2ccccc2)c2ccccc2)C1. The van der Waals surface area contributed by atoms with E-state index >= 15 is 0 Å². The van der Waals surface area contributed by atoms with E-state index in [0.29, 0.717) is 12.1 Å². The zero-order chi connectivity index (χ0) is 26.0. The van der Waals surface area contributed by atoms with Crippen LogP contribution < -0.4 is 10.6 Å². The molecule has 0 saturated carbocycles. The lowest BCUT2D eigenvalue weighted by atomic mass is 9.76. The van der Waals surface area contributed by atoms with Gasteiger partial charge in [-0.15, -0.1) is 0 Å². The molecule has 0 bridgehead atoms. The molecule has 192 valence electrons. The van der Waals surface area contributed by atoms with Crippen LogP contribution in [0.1, 0.15) is 23.1 Å². The number of aromatic nitrogens is 3. The summed E-state index contributed by atoms with van der Waals surface area (Å²) in [6, 6.07) is 35.1. The van der Waals surface area contributed by atoms with E-state index in [1.165, 1.54) is 16.7 Å². The molecule has 1 aliphatic rings. The molecule has 0 spiro atoms. The molecule has 2 N–H and O–H groups in total. The molecule has 1 saturated heterocycles. The molecule has 6 heteroatoms. The Labute approximate surface area is 224 Å². The molecule has 5 aromatic rings. The van der Waals surface area contributed by atoms with Gasteiger partial charge in [0.2, 0.25) is 0 Å². The maximum absolute atomic E-state index is 4.87. The summed E-state index contributed by atoms with van der Waals surface area (Å²) in [4.78, 5) is 11.9. The fourth-order valence-corrected chi connectivity index (χ4v) is 5.91. The predicted molar refractivity (Wildman–Crippen MR) is 155 cm³/mol. The van der Waals surface area contributed by atoms with Gasteiger partial charge in [0.15, 0.2) is 0 Å². The summed E-state index contributed by atoms with van der Waals surface area (Å²) in [6.07, 6.45) is 4.92. The fraction of sp³-hybridized carbons (Fsp3) is 0.250. The predicted octanol–water partition coefficient (Wildman–Crippen LogP) is 4.98. The van der Waals surface area contributed by atoms with E-state index in [9.17, 15) is 0 Å². The first-order chi connectivity index (χ1) is 18.7. The van der Waals surface area contributed by atoms with Crippen LogP contribution >= 0.6 is 0 Å². The maximum atomic E-state index is 4.87. The minimum atomic E-state index is -0.612. The number of fused-ring (bicyclic) bond motifs is 1. The van der Waals surface area contributed by atoms with Gasteiger partial charge in [-0.2, -0.15) is 0 Å². The third-order valence-electron chi connectivity index (χ3n) is 7.82. The van der Waals surface area contributed by atoms with Crippen LogP contribution in [0.5, 0.6) is 0 Å². The van der Waals surface area contributed by atoms with Crippen molar-refractivity contribution >= 4 is 16.9 Å². The first kappa shape index (κ1) is 24.3. The first-order valence-electron chi connectivity index (χ1n) is 13.3. The lowest BCUT2D eigenvalue weighted by molar-refractivity contribution is 0.233. The number of hydrogen-bond donors (Lipinski definition) is 2. The minimum Gasteiger partial charge on any atom is -0.365 e. The number of nitrogens with zero attached hydrogens (tertiary/aromatic N) is 4. The lowest BCUT2D eigenvalue weighted by Gasteiger charge is -2.38. The number of benzene rings is 3. The van der Waals surface area contributed by atoms with Crippen molar-refractivity contribution in [3.63, 3.8) is 0 Å². The average molecular weight is 503 g/mol. The van der Waals surface area contributed by atoms with Crippen LogP contribution in [0.2, 0.25) is 0 Å². The molecule has 38 heavy (non-hydrogen) atoms. The van der Waals surface area contributed by atoms with E-state index in [0.717, 1.165) is 36.4 Å². The molecule has 1 aliphatic heterocycles. The Hall–Kier alpha value is -4.00. The smallest absolute Gasteiger partial charge is 0.146 e. The maximum Gasteiger partial charge on any atom is 0.146 e. The van der Waals surface area contributed by atoms with Crippen LogP contribution in [-0.4, -0.2) is 58.7 Å². The van der Waals surface area contributed by atoms with Gasteiger partial charge in [-0.25, -0.2) is 9.97 Å². The van der Waals surface area contributed by atoms with Crippen molar-refractivity contribution in [1.82, 2.24) is 24.8 Å². The second-order valence-electron chi connectivity index (χ2n) is 10.3. The van der Waals surface area contributed by atoms with Crippen molar-refractivity contribution in [2.24, 2.45) is 0 Å². The summed E-state index contributed by atoms with van der Waals surface area (Å²) in [5.41, 5.74) is 3.81. The van der Waals surface area contributed by atoms with Gasteiger partial charge in [0.1, 0.15) is 23.3 Å². The van der Waals surface area contributed by atoms with Crippen molar-refractivity contribution in [3.8, 4) is 0 Å². The van der Waals surface area contributed by atoms with Crippen LogP contribution in [0.15, 0.2) is 110 Å². The molecule has 6 rings (SSSR count). The number of likely N-dealkylation sites (N-methyl/N-ethyl adjacent to an activating group) is 1. The number of rotatable bonds is 7. The number of hydrogen-bond acceptors (Lipinski definition) is 5. The van der Waals surface area contributed by atoms with Gasteiger partial charge in [-0.1, -0.05) is 91.0 Å². The second kappa shape index (κ2) is 10.4. The highest BCUT2D eigenvalue weighted by atomic mass is 15.2. The van der Waals surface area contributed by atoms with Crippen molar-refractivity contribution in [2.75, 3.05) is 32.5 Å². The molecule has 2 aromatic heterocycles. The fourth-order valence-electron chi connectivity index (χ4n) is 5.91. The highest BCUT2D eigenvalue weighted by Gasteiger charge is 2.39. The van der Waals surface area contributed by atoms with Gasteiger partial charge in [-0.3, -0.25) is 0 Å². The third-order valence-corrected chi connectivity index (χ3v) is 7.82. The van der Waals surface area contributed by atoms with E-state index < -0.39 is 5.54 Å². The monoisotopic (exact) mass is 502 g/mol. The molecule has 3 aromatic carbocycles. The molecule has 3 heterocycles. The quantitative estimate of drug-likeness (QED) is 0.308. The average Bonchev–Trinajstić information content (AvgIpc) is 3.41. The first-order valence-corrected chi connectivity index (χ1v) is 13.3. The molecule has 1 fully saturated rings. The van der Waals surface area contributed by atoms with Gasteiger partial charge < -0.3 is 20.1 Å². The van der Waals surface area contributed by atoms with Gasteiger partial charge in [0.05, 0.1) is 5.39 Å². The second-order valence-corrected chi connectivity index (χ2v) is 10.3. The number of anilines is 1. The van der Waals surface area contributed by atoms with Crippen molar-refractivity contribution < 1.29 is 0 Å². The normalized spacial score (nSPS) is 18.1. The molecular formula is C32H34N6. The Morgan fingerprint density at radius 1 is 0.789 bits per heavy atom. The standard InChI is InChI=1S/C32H34N6/c1-37(2)28-20-27(21-33-22-28)36-30-29-18-19-38(31(29)35-23-34-30)32(24-12-6-3-7-13-24,25-14-8-4-9-15-25)26-16-10-5-11-17-26/h3-19,23,27-28,33H,20-22H2,1-2H3,(H,34,35,36)/t27-,28+/m1/s1. The van der Waals surface area contributed by atoms with Crippen molar-refractivity contribution in [3.05, 3.63) is 126 Å². The Kier molecular flexibility index (Phi) is 6.66. The highest BCUT2D eigenvalue weighted by molar-refractivity contribution is 5.88. The van der Waals surface area contributed by atoms with Crippen LogP contribution in [0.25, 0.3) is 11.0 Å². The van der Waals surface area contributed by atoms with Gasteiger partial charge >= 0.3 is 0 Å². The van der Waals surface area contributed by atoms with Gasteiger partial charge in [0, 0.05) is 31.4 Å². The zero-order valence-electron chi connectivity index (χ0n) is 22.0. The van der Waals surface area contributed by atoms with E-state index in [1.807, 2.05) is 0 Å². The molecule has 6 nitrogen and oxygen atoms in total. The summed E-state index contributed by atoms with van der Waals surface area (Å²) in [5.74, 6) is 0.878. The summed E-state index contributed by atoms with van der Waals surface area (Å²) in [7, 11) is 4.29. The van der Waals surface area contributed by atoms with Crippen molar-refractivity contribution in [1.29, 1.82) is 0 Å². The molecular weight excluding hydrogens is 468 g/mol. The Bertz CT molecular complexity index is 1380. The van der Waals surface area contributed by atoms with E-state index in [2.05, 4.69) is 137 Å². The minimum absolute atomic E-state index is 0.291. The number of nitrogens with one attached hydrogen (secondary N) is 2. The number of piperidine rings is 1. The lowest BCUT2D eigenvalue weighted by Crippen LogP contribution is -2.50. The van der Waals surface area contributed by atoms with E-state index in [4.69, 9.17) is 9.97 Å². The summed E-state index contributed by atoms with van der Waals surface area (Å²) < 4.78 is 2.32. The van der Waals surface area contributed by atoms with E-state index in [1.54, 1.807) is 6.33 Å². The summed E-state index contributed by atoms with van der Waals surface area (Å²) in [5, 5.41) is 8.33. The Balaban J connectivity index is 1.53. The molecule has 0 unspecified atom stereocenters. The Morgan fingerprint density at radius 3 is 1.92 bits per heavy atom. The zero-order valence-corrected chi connectivity index (χ0v) is 22.0. The molecule has 0 radical (unpaired) electrons. The molecule has 0 aliphatic carbocycles. The summed E-state index contributed by atoms with van der Waals surface area (Å²) >= 11 is 0. The summed E-state index contributed by atoms with van der Waals surface area (Å²) in [6.45, 7) is 1.92. The van der Waals surface area contributed by atoms with Crippen LogP contribution in [0.4, 0.5) is 5.82 Å². The molecule has 0 amide bonds. The van der Waals surface area contributed by atoms with Gasteiger partial charge in [0.25, 0.3) is 0 Å². The topological polar surface area (TPSA) is 58.0 Å². The van der Waals surface area contributed by atoms with E-state index in [-0.39, 0.29) is 0 Å². The van der Waals surface area contributed by atoms with Crippen molar-refractivity contribution in [2.45, 2.75) is 24.0 Å². The van der Waals surface area contributed by atoms with Gasteiger partial charge in [-0.05, 0) is 43.3 Å². The van der Waals surface area contributed by atoms with Crippen LogP contribution in [0, 0.1) is 0 Å². The van der Waals surface area contributed by atoms with Crippen LogP contribution in [0.3, 0.4) is 0 Å². The highest BCUT2D eigenvalue weighted by Crippen LogP contribution is 2.43. The molecule has 2 atom stereocenters. The largest absolute Gasteiger partial charge is 0.365 e.